The molecular formula is C5H10BNO2. The Morgan fingerprint density at radius 1 is 1.33 bits per heavy atom. The van der Waals surface area contributed by atoms with E-state index in [4.69, 9.17) is 10.0 Å². The Balaban J connectivity index is 2.35. The van der Waals surface area contributed by atoms with Crippen molar-refractivity contribution >= 4 is 7.25 Å². The fraction of sp³-hybridized carbons (Fsp3) is 0.600. The summed E-state index contributed by atoms with van der Waals surface area (Å²) in [5.41, 5.74) is 0. The maximum Gasteiger partial charge on any atom is 0.552 e. The van der Waals surface area contributed by atoms with Gasteiger partial charge in [0, 0.05) is 6.54 Å². The molecule has 0 aromatic carbocycles. The van der Waals surface area contributed by atoms with Gasteiger partial charge in [0.2, 0.25) is 0 Å². The van der Waals surface area contributed by atoms with Crippen molar-refractivity contribution in [2.75, 3.05) is 13.1 Å². The van der Waals surface area contributed by atoms with E-state index < -0.39 is 7.25 Å². The van der Waals surface area contributed by atoms with Gasteiger partial charge in [-0.15, -0.1) is 0 Å². The zero-order valence-electron chi connectivity index (χ0n) is 5.20. The van der Waals surface area contributed by atoms with Crippen LogP contribution in [0.3, 0.4) is 0 Å². The van der Waals surface area contributed by atoms with Gasteiger partial charge in [-0.3, -0.25) is 4.81 Å². The normalized spacial score (nSPS) is 20.2. The van der Waals surface area contributed by atoms with E-state index >= 15 is 0 Å². The van der Waals surface area contributed by atoms with E-state index in [2.05, 4.69) is 0 Å². The highest BCUT2D eigenvalue weighted by Crippen LogP contribution is 1.99. The minimum Gasteiger partial charge on any atom is -0.413 e. The quantitative estimate of drug-likeness (QED) is 0.358. The fourth-order valence-electron chi connectivity index (χ4n) is 0.869. The van der Waals surface area contributed by atoms with Crippen LogP contribution in [0, 0.1) is 0 Å². The summed E-state index contributed by atoms with van der Waals surface area (Å²) < 4.78 is 0. The van der Waals surface area contributed by atoms with E-state index in [0.717, 1.165) is 13.0 Å². The Kier molecular flexibility index (Phi) is 2.27. The van der Waals surface area contributed by atoms with Crippen molar-refractivity contribution in [1.82, 2.24) is 4.81 Å². The van der Waals surface area contributed by atoms with Crippen LogP contribution in [0.4, 0.5) is 0 Å². The summed E-state index contributed by atoms with van der Waals surface area (Å²) in [6, 6.07) is 0. The van der Waals surface area contributed by atoms with Gasteiger partial charge in [-0.2, -0.15) is 0 Å². The Morgan fingerprint density at radius 3 is 2.44 bits per heavy atom. The molecule has 0 saturated carbocycles. The summed E-state index contributed by atoms with van der Waals surface area (Å²) >= 11 is 0. The predicted molar refractivity (Wildman–Crippen MR) is 35.5 cm³/mol. The lowest BCUT2D eigenvalue weighted by Gasteiger charge is -2.20. The van der Waals surface area contributed by atoms with Crippen molar-refractivity contribution in [3.63, 3.8) is 0 Å². The van der Waals surface area contributed by atoms with Crippen molar-refractivity contribution < 1.29 is 10.0 Å². The molecule has 0 aliphatic carbocycles. The van der Waals surface area contributed by atoms with E-state index in [1.165, 1.54) is 0 Å². The first-order valence-corrected chi connectivity index (χ1v) is 3.06. The minimum absolute atomic E-state index is 0.650. The van der Waals surface area contributed by atoms with E-state index in [9.17, 15) is 0 Å². The van der Waals surface area contributed by atoms with E-state index in [1.807, 2.05) is 12.2 Å². The van der Waals surface area contributed by atoms with Gasteiger partial charge in [-0.25, -0.2) is 0 Å². The summed E-state index contributed by atoms with van der Waals surface area (Å²) in [6.07, 6.45) is 4.89. The average molecular weight is 127 g/mol. The van der Waals surface area contributed by atoms with Crippen LogP contribution in [0.1, 0.15) is 6.42 Å². The van der Waals surface area contributed by atoms with Crippen LogP contribution >= 0.6 is 0 Å². The third-order valence-corrected chi connectivity index (χ3v) is 1.42. The Bertz CT molecular complexity index is 116. The molecule has 0 atom stereocenters. The second-order valence-electron chi connectivity index (χ2n) is 2.10. The summed E-state index contributed by atoms with van der Waals surface area (Å²) in [7, 11) is -1.28. The molecule has 1 aliphatic rings. The Labute approximate surface area is 54.8 Å². The monoisotopic (exact) mass is 127 g/mol. The molecule has 0 unspecified atom stereocenters. The lowest BCUT2D eigenvalue weighted by Crippen LogP contribution is -2.41. The molecule has 9 heavy (non-hydrogen) atoms. The molecule has 0 aromatic heterocycles. The van der Waals surface area contributed by atoms with Crippen molar-refractivity contribution in [3.8, 4) is 0 Å². The lowest BCUT2D eigenvalue weighted by atomic mass is 10.0. The Hall–Kier alpha value is -0.315. The lowest BCUT2D eigenvalue weighted by molar-refractivity contribution is 0.282. The molecule has 50 valence electrons. The smallest absolute Gasteiger partial charge is 0.413 e. The van der Waals surface area contributed by atoms with Crippen LogP contribution in [-0.2, 0) is 0 Å². The molecule has 1 heterocycles. The van der Waals surface area contributed by atoms with E-state index in [0.29, 0.717) is 6.54 Å². The highest BCUT2D eigenvalue weighted by Gasteiger charge is 2.18. The summed E-state index contributed by atoms with van der Waals surface area (Å²) in [6.45, 7) is 1.39. The second-order valence-corrected chi connectivity index (χ2v) is 2.10. The third kappa shape index (κ3) is 1.82. The van der Waals surface area contributed by atoms with Gasteiger partial charge >= 0.3 is 7.25 Å². The number of hydrogen-bond donors (Lipinski definition) is 2. The molecule has 0 radical (unpaired) electrons. The van der Waals surface area contributed by atoms with Gasteiger partial charge < -0.3 is 10.0 Å². The maximum absolute atomic E-state index is 8.62. The zero-order valence-corrected chi connectivity index (χ0v) is 5.20. The van der Waals surface area contributed by atoms with Gasteiger partial charge in [-0.1, -0.05) is 12.2 Å². The SMILES string of the molecule is OB(O)N1CC=CCC1. The van der Waals surface area contributed by atoms with Crippen LogP contribution in [-0.4, -0.2) is 35.2 Å². The number of nitrogens with zero attached hydrogens (tertiary/aromatic N) is 1. The van der Waals surface area contributed by atoms with Gasteiger partial charge in [0.25, 0.3) is 0 Å². The largest absolute Gasteiger partial charge is 0.552 e. The first-order valence-electron chi connectivity index (χ1n) is 3.06. The highest BCUT2D eigenvalue weighted by molar-refractivity contribution is 6.37. The van der Waals surface area contributed by atoms with Crippen molar-refractivity contribution in [1.29, 1.82) is 0 Å². The molecule has 2 N–H and O–H groups in total. The standard InChI is InChI=1S/C5H10BNO2/c8-6(9)7-4-2-1-3-5-7/h1-2,8-9H,3-5H2. The minimum atomic E-state index is -1.28. The molecule has 0 amide bonds. The van der Waals surface area contributed by atoms with Crippen molar-refractivity contribution in [3.05, 3.63) is 12.2 Å². The van der Waals surface area contributed by atoms with Crippen LogP contribution in [0.25, 0.3) is 0 Å². The van der Waals surface area contributed by atoms with Crippen LogP contribution in [0.5, 0.6) is 0 Å². The molecule has 3 nitrogen and oxygen atoms in total. The Morgan fingerprint density at radius 2 is 2.11 bits per heavy atom. The van der Waals surface area contributed by atoms with Crippen LogP contribution in [0.2, 0.25) is 0 Å². The van der Waals surface area contributed by atoms with Crippen LogP contribution in [0.15, 0.2) is 12.2 Å². The summed E-state index contributed by atoms with van der Waals surface area (Å²) in [4.78, 5) is 1.58. The first-order chi connectivity index (χ1) is 4.30. The molecule has 1 rings (SSSR count). The van der Waals surface area contributed by atoms with Crippen molar-refractivity contribution in [2.24, 2.45) is 0 Å². The van der Waals surface area contributed by atoms with E-state index in [-0.39, 0.29) is 0 Å². The first kappa shape index (κ1) is 6.80. The van der Waals surface area contributed by atoms with E-state index in [1.54, 1.807) is 4.81 Å². The third-order valence-electron chi connectivity index (χ3n) is 1.42. The molecule has 0 fully saturated rings. The van der Waals surface area contributed by atoms with Gasteiger partial charge in [0.15, 0.2) is 0 Å². The molecule has 0 bridgehead atoms. The molecule has 0 spiro atoms. The van der Waals surface area contributed by atoms with Crippen molar-refractivity contribution in [2.45, 2.75) is 6.42 Å². The number of hydrogen-bond acceptors (Lipinski definition) is 3. The molecule has 4 heteroatoms. The highest BCUT2D eigenvalue weighted by atomic mass is 16.4. The van der Waals surface area contributed by atoms with Gasteiger partial charge in [0.05, 0.1) is 0 Å². The summed E-state index contributed by atoms with van der Waals surface area (Å²) in [5, 5.41) is 17.2. The van der Waals surface area contributed by atoms with Gasteiger partial charge in [0.1, 0.15) is 0 Å². The zero-order chi connectivity index (χ0) is 6.69. The molecule has 1 aliphatic heterocycles. The van der Waals surface area contributed by atoms with Crippen LogP contribution < -0.4 is 0 Å². The number of rotatable bonds is 1. The maximum atomic E-state index is 8.62. The fourth-order valence-corrected chi connectivity index (χ4v) is 0.869. The topological polar surface area (TPSA) is 43.7 Å². The molecular weight excluding hydrogens is 117 g/mol. The molecule has 0 aromatic rings. The summed E-state index contributed by atoms with van der Waals surface area (Å²) in [5.74, 6) is 0. The van der Waals surface area contributed by atoms with Gasteiger partial charge in [-0.05, 0) is 13.0 Å². The average Bonchev–Trinajstić information content (AvgIpc) is 1.90. The molecule has 0 saturated heterocycles. The predicted octanol–water partition coefficient (Wildman–Crippen LogP) is -0.782. The second kappa shape index (κ2) is 3.01.